The first-order chi connectivity index (χ1) is 6.22. The van der Waals surface area contributed by atoms with Crippen LogP contribution in [0.15, 0.2) is 12.4 Å². The number of hydrogen-bond donors (Lipinski definition) is 1. The summed E-state index contributed by atoms with van der Waals surface area (Å²) in [5.74, 6) is 0. The van der Waals surface area contributed by atoms with E-state index in [1.807, 2.05) is 10.9 Å². The summed E-state index contributed by atoms with van der Waals surface area (Å²) < 4.78 is 2.00. The van der Waals surface area contributed by atoms with Gasteiger partial charge in [-0.1, -0.05) is 6.92 Å². The molecule has 3 heteroatoms. The average molecular weight is 181 g/mol. The van der Waals surface area contributed by atoms with E-state index in [0.29, 0.717) is 6.04 Å². The van der Waals surface area contributed by atoms with E-state index in [0.717, 1.165) is 19.5 Å². The van der Waals surface area contributed by atoms with Gasteiger partial charge in [0.1, 0.15) is 0 Å². The number of aryl methyl sites for hydroxylation is 2. The number of nitrogens with zero attached hydrogens (tertiary/aromatic N) is 2. The predicted molar refractivity (Wildman–Crippen MR) is 54.7 cm³/mol. The first-order valence-corrected chi connectivity index (χ1v) is 4.94. The van der Waals surface area contributed by atoms with E-state index < -0.39 is 0 Å². The predicted octanol–water partition coefficient (Wildman–Crippen LogP) is 1.58. The Balaban J connectivity index is 2.26. The largest absolute Gasteiger partial charge is 0.314 e. The van der Waals surface area contributed by atoms with Crippen LogP contribution in [0.4, 0.5) is 0 Å². The van der Waals surface area contributed by atoms with E-state index in [1.165, 1.54) is 5.56 Å². The second-order valence-corrected chi connectivity index (χ2v) is 3.53. The Morgan fingerprint density at radius 2 is 2.38 bits per heavy atom. The van der Waals surface area contributed by atoms with Gasteiger partial charge in [0.25, 0.3) is 0 Å². The summed E-state index contributed by atoms with van der Waals surface area (Å²) >= 11 is 0. The van der Waals surface area contributed by atoms with Crippen LogP contribution in [0.3, 0.4) is 0 Å². The monoisotopic (exact) mass is 181 g/mol. The number of nitrogens with one attached hydrogen (secondary N) is 1. The van der Waals surface area contributed by atoms with E-state index in [1.54, 1.807) is 0 Å². The first kappa shape index (κ1) is 10.3. The Morgan fingerprint density at radius 3 is 2.92 bits per heavy atom. The van der Waals surface area contributed by atoms with E-state index in [4.69, 9.17) is 0 Å². The maximum absolute atomic E-state index is 4.24. The summed E-state index contributed by atoms with van der Waals surface area (Å²) in [6.07, 6.45) is 5.12. The van der Waals surface area contributed by atoms with Gasteiger partial charge in [0.2, 0.25) is 0 Å². The van der Waals surface area contributed by atoms with E-state index in [-0.39, 0.29) is 0 Å². The summed E-state index contributed by atoms with van der Waals surface area (Å²) in [6.45, 7) is 8.45. The molecule has 0 aromatic carbocycles. The van der Waals surface area contributed by atoms with Gasteiger partial charge in [-0.25, -0.2) is 0 Å². The lowest BCUT2D eigenvalue weighted by molar-refractivity contribution is 0.467. The Bertz CT molecular complexity index is 242. The van der Waals surface area contributed by atoms with E-state index in [2.05, 4.69) is 37.4 Å². The standard InChI is InChI=1S/C10H19N3/c1-4-11-10(3)5-6-13-8-9(2)7-12-13/h7-8,10-11H,4-6H2,1-3H3. The molecule has 1 aromatic heterocycles. The van der Waals surface area contributed by atoms with Crippen molar-refractivity contribution in [3.8, 4) is 0 Å². The second-order valence-electron chi connectivity index (χ2n) is 3.53. The molecule has 1 N–H and O–H groups in total. The van der Waals surface area contributed by atoms with Gasteiger partial charge in [0.05, 0.1) is 6.20 Å². The van der Waals surface area contributed by atoms with Crippen molar-refractivity contribution in [2.75, 3.05) is 6.54 Å². The third-order valence-corrected chi connectivity index (χ3v) is 2.11. The molecular formula is C10H19N3. The highest BCUT2D eigenvalue weighted by molar-refractivity contribution is 4.99. The van der Waals surface area contributed by atoms with Crippen LogP contribution < -0.4 is 5.32 Å². The lowest BCUT2D eigenvalue weighted by atomic mass is 10.2. The molecule has 0 spiro atoms. The van der Waals surface area contributed by atoms with Crippen molar-refractivity contribution in [2.24, 2.45) is 0 Å². The van der Waals surface area contributed by atoms with Crippen molar-refractivity contribution < 1.29 is 0 Å². The van der Waals surface area contributed by atoms with Crippen molar-refractivity contribution in [3.63, 3.8) is 0 Å². The summed E-state index contributed by atoms with van der Waals surface area (Å²) in [5.41, 5.74) is 1.23. The Morgan fingerprint density at radius 1 is 1.62 bits per heavy atom. The number of rotatable bonds is 5. The third-order valence-electron chi connectivity index (χ3n) is 2.11. The third kappa shape index (κ3) is 3.59. The van der Waals surface area contributed by atoms with Crippen LogP contribution in [0.5, 0.6) is 0 Å². The number of aromatic nitrogens is 2. The van der Waals surface area contributed by atoms with Gasteiger partial charge < -0.3 is 5.32 Å². The second kappa shape index (κ2) is 5.02. The van der Waals surface area contributed by atoms with Crippen LogP contribution in [0.1, 0.15) is 25.8 Å². The van der Waals surface area contributed by atoms with Crippen molar-refractivity contribution >= 4 is 0 Å². The van der Waals surface area contributed by atoms with Gasteiger partial charge in [0.15, 0.2) is 0 Å². The normalized spacial score (nSPS) is 13.2. The molecule has 0 aliphatic rings. The highest BCUT2D eigenvalue weighted by atomic mass is 15.3. The van der Waals surface area contributed by atoms with Gasteiger partial charge in [-0.05, 0) is 32.4 Å². The van der Waals surface area contributed by atoms with Crippen LogP contribution in [-0.4, -0.2) is 22.4 Å². The molecule has 0 bridgehead atoms. The minimum Gasteiger partial charge on any atom is -0.314 e. The molecule has 1 aromatic rings. The fraction of sp³-hybridized carbons (Fsp3) is 0.700. The number of hydrogen-bond acceptors (Lipinski definition) is 2. The van der Waals surface area contributed by atoms with Crippen molar-refractivity contribution in [1.29, 1.82) is 0 Å². The molecule has 74 valence electrons. The zero-order chi connectivity index (χ0) is 9.68. The molecule has 0 radical (unpaired) electrons. The fourth-order valence-corrected chi connectivity index (χ4v) is 1.37. The van der Waals surface area contributed by atoms with Crippen molar-refractivity contribution in [3.05, 3.63) is 18.0 Å². The summed E-state index contributed by atoms with van der Waals surface area (Å²) in [7, 11) is 0. The van der Waals surface area contributed by atoms with Crippen molar-refractivity contribution in [1.82, 2.24) is 15.1 Å². The Hall–Kier alpha value is -0.830. The molecule has 1 rings (SSSR count). The molecular weight excluding hydrogens is 162 g/mol. The fourth-order valence-electron chi connectivity index (χ4n) is 1.37. The zero-order valence-corrected chi connectivity index (χ0v) is 8.75. The maximum Gasteiger partial charge on any atom is 0.0518 e. The molecule has 0 saturated heterocycles. The van der Waals surface area contributed by atoms with Crippen molar-refractivity contribution in [2.45, 2.75) is 39.8 Å². The van der Waals surface area contributed by atoms with Gasteiger partial charge >= 0.3 is 0 Å². The smallest absolute Gasteiger partial charge is 0.0518 e. The summed E-state index contributed by atoms with van der Waals surface area (Å²) in [5, 5.41) is 7.62. The molecule has 0 aliphatic heterocycles. The van der Waals surface area contributed by atoms with Crippen LogP contribution in [0, 0.1) is 6.92 Å². The van der Waals surface area contributed by atoms with E-state index >= 15 is 0 Å². The maximum atomic E-state index is 4.24. The summed E-state index contributed by atoms with van der Waals surface area (Å²) in [6, 6.07) is 0.578. The Labute approximate surface area is 80.1 Å². The Kier molecular flexibility index (Phi) is 3.96. The zero-order valence-electron chi connectivity index (χ0n) is 8.75. The molecule has 0 saturated carbocycles. The molecule has 1 unspecified atom stereocenters. The minimum atomic E-state index is 0.578. The molecule has 3 nitrogen and oxygen atoms in total. The molecule has 0 fully saturated rings. The SMILES string of the molecule is CCNC(C)CCn1cc(C)cn1. The lowest BCUT2D eigenvalue weighted by Gasteiger charge is -2.11. The highest BCUT2D eigenvalue weighted by Gasteiger charge is 2.00. The van der Waals surface area contributed by atoms with Crippen LogP contribution >= 0.6 is 0 Å². The molecule has 13 heavy (non-hydrogen) atoms. The topological polar surface area (TPSA) is 29.9 Å². The van der Waals surface area contributed by atoms with E-state index in [9.17, 15) is 0 Å². The van der Waals surface area contributed by atoms with Gasteiger partial charge in [0, 0.05) is 18.8 Å². The van der Waals surface area contributed by atoms with Gasteiger partial charge in [-0.2, -0.15) is 5.10 Å². The minimum absolute atomic E-state index is 0.578. The molecule has 0 aliphatic carbocycles. The summed E-state index contributed by atoms with van der Waals surface area (Å²) in [4.78, 5) is 0. The van der Waals surface area contributed by atoms with Crippen LogP contribution in [0.25, 0.3) is 0 Å². The lowest BCUT2D eigenvalue weighted by Crippen LogP contribution is -2.26. The van der Waals surface area contributed by atoms with Gasteiger partial charge in [-0.3, -0.25) is 4.68 Å². The van der Waals surface area contributed by atoms with Crippen LogP contribution in [-0.2, 0) is 6.54 Å². The molecule has 1 atom stereocenters. The first-order valence-electron chi connectivity index (χ1n) is 4.94. The quantitative estimate of drug-likeness (QED) is 0.747. The average Bonchev–Trinajstić information content (AvgIpc) is 2.49. The van der Waals surface area contributed by atoms with Crippen LogP contribution in [0.2, 0.25) is 0 Å². The highest BCUT2D eigenvalue weighted by Crippen LogP contribution is 1.98. The molecule has 1 heterocycles. The van der Waals surface area contributed by atoms with Gasteiger partial charge in [-0.15, -0.1) is 0 Å². The molecule has 0 amide bonds.